The Morgan fingerprint density at radius 2 is 2.20 bits per heavy atom. The van der Waals surface area contributed by atoms with E-state index in [1.54, 1.807) is 14.1 Å². The summed E-state index contributed by atoms with van der Waals surface area (Å²) in [5.41, 5.74) is 5.65. The second-order valence-corrected chi connectivity index (χ2v) is 3.76. The van der Waals surface area contributed by atoms with Crippen molar-refractivity contribution in [3.05, 3.63) is 12.2 Å². The molecule has 84 valence electrons. The van der Waals surface area contributed by atoms with E-state index in [4.69, 9.17) is 5.73 Å². The molecule has 0 fully saturated rings. The fourth-order valence-electron chi connectivity index (χ4n) is 1.57. The maximum Gasteiger partial charge on any atom is 0.239 e. The first-order valence-electron chi connectivity index (χ1n) is 4.94. The summed E-state index contributed by atoms with van der Waals surface area (Å²) in [6, 6.07) is -0.0349. The summed E-state index contributed by atoms with van der Waals surface area (Å²) in [6.45, 7) is 0.0922. The first kappa shape index (κ1) is 11.7. The molecule has 0 spiro atoms. The zero-order valence-electron chi connectivity index (χ0n) is 9.06. The zero-order chi connectivity index (χ0) is 11.4. The number of nitrogens with two attached hydrogens (primary N) is 1. The highest BCUT2D eigenvalue weighted by atomic mass is 16.2. The van der Waals surface area contributed by atoms with E-state index in [9.17, 15) is 9.59 Å². The van der Waals surface area contributed by atoms with Crippen LogP contribution in [0.15, 0.2) is 12.2 Å². The average molecular weight is 211 g/mol. The zero-order valence-corrected chi connectivity index (χ0v) is 9.06. The van der Waals surface area contributed by atoms with Gasteiger partial charge < -0.3 is 16.0 Å². The summed E-state index contributed by atoms with van der Waals surface area (Å²) in [7, 11) is 3.17. The molecule has 0 saturated heterocycles. The molecule has 5 nitrogen and oxygen atoms in total. The molecule has 2 unspecified atom stereocenters. The van der Waals surface area contributed by atoms with Crippen LogP contribution in [0.3, 0.4) is 0 Å². The average Bonchev–Trinajstić information content (AvgIpc) is 2.63. The summed E-state index contributed by atoms with van der Waals surface area (Å²) in [4.78, 5) is 24.3. The molecule has 0 saturated carbocycles. The number of carbonyl (C=O) groups excluding carboxylic acids is 2. The maximum absolute atomic E-state index is 11.8. The fourth-order valence-corrected chi connectivity index (χ4v) is 1.57. The Morgan fingerprint density at radius 3 is 2.67 bits per heavy atom. The number of carbonyl (C=O) groups is 2. The van der Waals surface area contributed by atoms with Crippen molar-refractivity contribution in [2.24, 2.45) is 11.7 Å². The van der Waals surface area contributed by atoms with Gasteiger partial charge in [0.1, 0.15) is 0 Å². The molecule has 2 atom stereocenters. The topological polar surface area (TPSA) is 75.4 Å². The van der Waals surface area contributed by atoms with E-state index in [1.807, 2.05) is 12.2 Å². The quantitative estimate of drug-likeness (QED) is 0.594. The molecule has 5 heteroatoms. The third kappa shape index (κ3) is 3.06. The van der Waals surface area contributed by atoms with E-state index < -0.39 is 0 Å². The smallest absolute Gasteiger partial charge is 0.239 e. The fraction of sp³-hybridized carbons (Fsp3) is 0.600. The summed E-state index contributed by atoms with van der Waals surface area (Å²) >= 11 is 0. The summed E-state index contributed by atoms with van der Waals surface area (Å²) in [5, 5.41) is 2.47. The largest absolute Gasteiger partial charge is 0.358 e. The Labute approximate surface area is 89.3 Å². The second-order valence-electron chi connectivity index (χ2n) is 3.76. The number of hydrogen-bond donors (Lipinski definition) is 2. The number of rotatable bonds is 3. The van der Waals surface area contributed by atoms with E-state index in [0.29, 0.717) is 6.42 Å². The van der Waals surface area contributed by atoms with Crippen molar-refractivity contribution in [3.63, 3.8) is 0 Å². The van der Waals surface area contributed by atoms with Crippen LogP contribution in [-0.4, -0.2) is 43.4 Å². The number of amides is 2. The van der Waals surface area contributed by atoms with Crippen LogP contribution in [0.2, 0.25) is 0 Å². The first-order chi connectivity index (χ1) is 7.04. The van der Waals surface area contributed by atoms with Gasteiger partial charge in [0.2, 0.25) is 11.8 Å². The van der Waals surface area contributed by atoms with Crippen molar-refractivity contribution in [2.45, 2.75) is 12.5 Å². The highest BCUT2D eigenvalue weighted by Gasteiger charge is 2.25. The van der Waals surface area contributed by atoms with Crippen molar-refractivity contribution >= 4 is 11.8 Å². The van der Waals surface area contributed by atoms with E-state index >= 15 is 0 Å². The number of hydrogen-bond acceptors (Lipinski definition) is 3. The molecule has 0 radical (unpaired) electrons. The monoisotopic (exact) mass is 211 g/mol. The van der Waals surface area contributed by atoms with Crippen molar-refractivity contribution in [3.8, 4) is 0 Å². The van der Waals surface area contributed by atoms with Gasteiger partial charge >= 0.3 is 0 Å². The summed E-state index contributed by atoms with van der Waals surface area (Å²) in [6.07, 6.45) is 4.28. The lowest BCUT2D eigenvalue weighted by Crippen LogP contribution is -2.39. The Morgan fingerprint density at radius 1 is 1.53 bits per heavy atom. The van der Waals surface area contributed by atoms with E-state index in [0.717, 1.165) is 0 Å². The predicted molar refractivity (Wildman–Crippen MR) is 56.9 cm³/mol. The Bertz CT molecular complexity index is 288. The van der Waals surface area contributed by atoms with Crippen LogP contribution in [0.4, 0.5) is 0 Å². The van der Waals surface area contributed by atoms with Crippen LogP contribution in [0.1, 0.15) is 6.42 Å². The van der Waals surface area contributed by atoms with Crippen molar-refractivity contribution < 1.29 is 9.59 Å². The van der Waals surface area contributed by atoms with Crippen molar-refractivity contribution in [2.75, 3.05) is 20.6 Å². The molecule has 0 aromatic carbocycles. The van der Waals surface area contributed by atoms with Crippen LogP contribution in [0.25, 0.3) is 0 Å². The van der Waals surface area contributed by atoms with Crippen molar-refractivity contribution in [1.29, 1.82) is 0 Å². The molecule has 0 bridgehead atoms. The van der Waals surface area contributed by atoms with Gasteiger partial charge in [0, 0.05) is 20.1 Å². The van der Waals surface area contributed by atoms with Crippen LogP contribution >= 0.6 is 0 Å². The lowest BCUT2D eigenvalue weighted by molar-refractivity contribution is -0.136. The molecule has 1 rings (SSSR count). The standard InChI is InChI=1S/C10H17N3O2/c1-12-9(14)6-13(2)10(15)7-3-4-8(11)5-7/h3-4,7-8H,5-6,11H2,1-2H3,(H,12,14). The lowest BCUT2D eigenvalue weighted by atomic mass is 10.1. The van der Waals surface area contributed by atoms with Gasteiger partial charge in [-0.15, -0.1) is 0 Å². The molecule has 3 N–H and O–H groups in total. The normalized spacial score (nSPS) is 23.9. The van der Waals surface area contributed by atoms with E-state index in [2.05, 4.69) is 5.32 Å². The molecule has 1 aliphatic rings. The Hall–Kier alpha value is -1.36. The minimum atomic E-state index is -0.172. The third-order valence-corrected chi connectivity index (χ3v) is 2.47. The van der Waals surface area contributed by atoms with Crippen molar-refractivity contribution in [1.82, 2.24) is 10.2 Å². The predicted octanol–water partition coefficient (Wildman–Crippen LogP) is -0.906. The van der Waals surface area contributed by atoms with Crippen LogP contribution in [-0.2, 0) is 9.59 Å². The minimum absolute atomic E-state index is 0.0349. The van der Waals surface area contributed by atoms with Gasteiger partial charge in [0.25, 0.3) is 0 Å². The number of likely N-dealkylation sites (N-methyl/N-ethyl adjacent to an activating group) is 2. The molecule has 1 aliphatic carbocycles. The van der Waals surface area contributed by atoms with Crippen LogP contribution in [0.5, 0.6) is 0 Å². The van der Waals surface area contributed by atoms with Gasteiger partial charge in [-0.25, -0.2) is 0 Å². The molecule has 15 heavy (non-hydrogen) atoms. The van der Waals surface area contributed by atoms with Gasteiger partial charge in [0.15, 0.2) is 0 Å². The Kier molecular flexibility index (Phi) is 3.85. The minimum Gasteiger partial charge on any atom is -0.358 e. The molecule has 2 amide bonds. The Balaban J connectivity index is 2.46. The number of nitrogens with one attached hydrogen (secondary N) is 1. The highest BCUT2D eigenvalue weighted by molar-refractivity contribution is 5.86. The van der Waals surface area contributed by atoms with Gasteiger partial charge in [0.05, 0.1) is 12.5 Å². The molecule has 0 aliphatic heterocycles. The lowest BCUT2D eigenvalue weighted by Gasteiger charge is -2.19. The second kappa shape index (κ2) is 4.93. The van der Waals surface area contributed by atoms with Crippen LogP contribution in [0, 0.1) is 5.92 Å². The SMILES string of the molecule is CNC(=O)CN(C)C(=O)C1C=CC(N)C1. The van der Waals surface area contributed by atoms with Gasteiger partial charge in [-0.3, -0.25) is 9.59 Å². The molecular formula is C10H17N3O2. The van der Waals surface area contributed by atoms with Gasteiger partial charge in [-0.2, -0.15) is 0 Å². The van der Waals surface area contributed by atoms with E-state index in [1.165, 1.54) is 4.90 Å². The van der Waals surface area contributed by atoms with Gasteiger partial charge in [-0.05, 0) is 6.42 Å². The van der Waals surface area contributed by atoms with Gasteiger partial charge in [-0.1, -0.05) is 12.2 Å². The highest BCUT2D eigenvalue weighted by Crippen LogP contribution is 2.18. The third-order valence-electron chi connectivity index (χ3n) is 2.47. The summed E-state index contributed by atoms with van der Waals surface area (Å²) in [5.74, 6) is -0.394. The molecule has 0 heterocycles. The number of nitrogens with zero attached hydrogens (tertiary/aromatic N) is 1. The first-order valence-corrected chi connectivity index (χ1v) is 4.94. The molecule has 0 aromatic rings. The molecular weight excluding hydrogens is 194 g/mol. The molecule has 0 aromatic heterocycles. The summed E-state index contributed by atoms with van der Waals surface area (Å²) < 4.78 is 0. The van der Waals surface area contributed by atoms with E-state index in [-0.39, 0.29) is 30.3 Å². The maximum atomic E-state index is 11.8. The van der Waals surface area contributed by atoms with Crippen LogP contribution < -0.4 is 11.1 Å².